The average Bonchev–Trinajstić information content (AvgIpc) is 1.72. The average molecular weight is 76.1 g/mol. The Bertz CT molecular complexity index is 75.9. The number of pyridine rings is 1. The Hall–Kier alpha value is -0.850. The maximum absolute atomic E-state index is 3.55. The van der Waals surface area contributed by atoms with Crippen molar-refractivity contribution in [2.75, 3.05) is 0 Å². The van der Waals surface area contributed by atoms with Gasteiger partial charge in [0.05, 0.1) is 6.20 Å². The Morgan fingerprint density at radius 2 is 2.50 bits per heavy atom. The summed E-state index contributed by atoms with van der Waals surface area (Å²) in [6.07, 6.45) is 4.02. The molecule has 1 aromatic rings. The van der Waals surface area contributed by atoms with E-state index in [4.69, 9.17) is 0 Å². The van der Waals surface area contributed by atoms with Crippen LogP contribution in [0.4, 0.5) is 0 Å². The lowest BCUT2D eigenvalue weighted by atomic mass is 10.5. The SMILES string of the molecule is [c]1[c]nc[c]c1. The Kier molecular flexibility index (Phi) is 0.865. The van der Waals surface area contributed by atoms with Gasteiger partial charge in [-0.15, -0.1) is 0 Å². The van der Waals surface area contributed by atoms with E-state index in [-0.39, 0.29) is 0 Å². The number of aromatic nitrogens is 1. The van der Waals surface area contributed by atoms with Crippen LogP contribution in [-0.4, -0.2) is 4.98 Å². The topological polar surface area (TPSA) is 12.9 Å². The van der Waals surface area contributed by atoms with Crippen LogP contribution in [0.25, 0.3) is 0 Å². The molecule has 0 aromatic carbocycles. The summed E-state index contributed by atoms with van der Waals surface area (Å²) < 4.78 is 0. The highest BCUT2D eigenvalue weighted by atomic mass is 14.6. The van der Waals surface area contributed by atoms with Crippen LogP contribution in [0.2, 0.25) is 0 Å². The van der Waals surface area contributed by atoms with Crippen LogP contribution in [0, 0.1) is 18.3 Å². The summed E-state index contributed by atoms with van der Waals surface area (Å²) in [5, 5.41) is 0. The minimum atomic E-state index is 1.54. The fourth-order valence-electron chi connectivity index (χ4n) is 0.218. The van der Waals surface area contributed by atoms with E-state index in [0.717, 1.165) is 0 Å². The summed E-state index contributed by atoms with van der Waals surface area (Å²) in [5.41, 5.74) is 0. The molecule has 1 nitrogen and oxygen atoms in total. The Morgan fingerprint density at radius 1 is 1.50 bits per heavy atom. The first-order chi connectivity index (χ1) is 3.00. The molecule has 0 amide bonds. The predicted octanol–water partition coefficient (Wildman–Crippen LogP) is 0.482. The van der Waals surface area contributed by atoms with Crippen LogP contribution in [0.3, 0.4) is 0 Å². The van der Waals surface area contributed by atoms with E-state index < -0.39 is 0 Å². The fourth-order valence-corrected chi connectivity index (χ4v) is 0.218. The maximum Gasteiger partial charge on any atom is 0.0972 e. The van der Waals surface area contributed by atoms with Gasteiger partial charge in [-0.25, -0.2) is 0 Å². The van der Waals surface area contributed by atoms with E-state index in [0.29, 0.717) is 0 Å². The second-order valence-electron chi connectivity index (χ2n) is 0.825. The first-order valence-corrected chi connectivity index (χ1v) is 1.60. The molecule has 0 aliphatic carbocycles. The van der Waals surface area contributed by atoms with Crippen molar-refractivity contribution in [1.82, 2.24) is 4.98 Å². The minimum absolute atomic E-state index is 1.54. The fraction of sp³-hybridized carbons (Fsp3) is 0. The lowest BCUT2D eigenvalue weighted by Gasteiger charge is -1.66. The third-order valence-corrected chi connectivity index (χ3v) is 0.424. The smallest absolute Gasteiger partial charge is 0.0972 e. The minimum Gasteiger partial charge on any atom is -0.253 e. The van der Waals surface area contributed by atoms with E-state index in [1.165, 1.54) is 6.20 Å². The predicted molar refractivity (Wildman–Crippen MR) is 20.7 cm³/mol. The molecule has 0 aliphatic heterocycles. The third-order valence-electron chi connectivity index (χ3n) is 0.424. The number of rotatable bonds is 0. The zero-order valence-corrected chi connectivity index (χ0v) is 3.10. The molecule has 27 valence electrons. The van der Waals surface area contributed by atoms with Crippen LogP contribution in [0.1, 0.15) is 0 Å². The van der Waals surface area contributed by atoms with Gasteiger partial charge < -0.3 is 0 Å². The zero-order valence-electron chi connectivity index (χ0n) is 3.10. The monoisotopic (exact) mass is 76.0 g/mol. The van der Waals surface area contributed by atoms with Crippen molar-refractivity contribution in [3.63, 3.8) is 0 Å². The molecule has 0 fully saturated rings. The normalized spacial score (nSPS) is 8.00. The van der Waals surface area contributed by atoms with Gasteiger partial charge in [-0.3, -0.25) is 4.98 Å². The molecule has 3 radical (unpaired) electrons. The molecule has 0 atom stereocenters. The van der Waals surface area contributed by atoms with Crippen molar-refractivity contribution in [1.29, 1.82) is 0 Å². The zero-order chi connectivity index (χ0) is 4.24. The maximum atomic E-state index is 3.55. The van der Waals surface area contributed by atoms with Gasteiger partial charge >= 0.3 is 0 Å². The van der Waals surface area contributed by atoms with Gasteiger partial charge in [0.25, 0.3) is 0 Å². The van der Waals surface area contributed by atoms with Crippen LogP contribution in [-0.2, 0) is 0 Å². The van der Waals surface area contributed by atoms with Crippen LogP contribution < -0.4 is 0 Å². The van der Waals surface area contributed by atoms with E-state index in [2.05, 4.69) is 23.3 Å². The van der Waals surface area contributed by atoms with Gasteiger partial charge in [-0.1, -0.05) is 0 Å². The Morgan fingerprint density at radius 3 is 2.67 bits per heavy atom. The number of hydrogen-bond acceptors (Lipinski definition) is 1. The lowest BCUT2D eigenvalue weighted by Crippen LogP contribution is -1.62. The van der Waals surface area contributed by atoms with Crippen molar-refractivity contribution in [3.8, 4) is 0 Å². The van der Waals surface area contributed by atoms with E-state index >= 15 is 0 Å². The van der Waals surface area contributed by atoms with Crippen molar-refractivity contribution in [2.45, 2.75) is 0 Å². The van der Waals surface area contributed by atoms with E-state index in [1.54, 1.807) is 6.07 Å². The van der Waals surface area contributed by atoms with Gasteiger partial charge in [0.15, 0.2) is 0 Å². The van der Waals surface area contributed by atoms with Crippen molar-refractivity contribution >= 4 is 0 Å². The van der Waals surface area contributed by atoms with Crippen LogP contribution >= 0.6 is 0 Å². The Labute approximate surface area is 36.7 Å². The molecule has 1 aromatic heterocycles. The highest BCUT2D eigenvalue weighted by molar-refractivity contribution is 4.82. The third kappa shape index (κ3) is 0.549. The van der Waals surface area contributed by atoms with Crippen molar-refractivity contribution in [3.05, 3.63) is 30.6 Å². The highest BCUT2D eigenvalue weighted by Gasteiger charge is 1.62. The summed E-state index contributed by atoms with van der Waals surface area (Å²) >= 11 is 0. The van der Waals surface area contributed by atoms with Crippen LogP contribution in [0.15, 0.2) is 12.3 Å². The summed E-state index contributed by atoms with van der Waals surface area (Å²) in [6.45, 7) is 0. The molecule has 1 rings (SSSR count). The molecule has 1 heteroatoms. The number of hydrogen-bond donors (Lipinski definition) is 0. The van der Waals surface area contributed by atoms with Gasteiger partial charge in [0.2, 0.25) is 0 Å². The second kappa shape index (κ2) is 1.55. The lowest BCUT2D eigenvalue weighted by molar-refractivity contribution is 1.30. The summed E-state index contributed by atoms with van der Waals surface area (Å²) in [6, 6.07) is 6.93. The quantitative estimate of drug-likeness (QED) is 0.438. The summed E-state index contributed by atoms with van der Waals surface area (Å²) in [4.78, 5) is 3.55. The van der Waals surface area contributed by atoms with Gasteiger partial charge in [-0.05, 0) is 6.07 Å². The summed E-state index contributed by atoms with van der Waals surface area (Å²) in [5.74, 6) is 0. The molecule has 6 heavy (non-hydrogen) atoms. The molecular formula is C5H2N. The van der Waals surface area contributed by atoms with Crippen molar-refractivity contribution < 1.29 is 0 Å². The Balaban J connectivity index is 3.00. The molecule has 0 aliphatic rings. The second-order valence-corrected chi connectivity index (χ2v) is 0.825. The molecule has 0 unspecified atom stereocenters. The standard InChI is InChI=1S/C5H2N/c1-2-4-6-5-3-1/h1,4H. The molecule has 0 saturated heterocycles. The molecule has 0 spiro atoms. The highest BCUT2D eigenvalue weighted by Crippen LogP contribution is 1.69. The van der Waals surface area contributed by atoms with Crippen LogP contribution in [0.5, 0.6) is 0 Å². The number of nitrogens with zero attached hydrogens (tertiary/aromatic N) is 1. The first kappa shape index (κ1) is 3.34. The largest absolute Gasteiger partial charge is 0.253 e. The molecular weight excluding hydrogens is 74.1 g/mol. The molecule has 0 saturated carbocycles. The molecule has 0 N–H and O–H groups in total. The van der Waals surface area contributed by atoms with E-state index in [9.17, 15) is 0 Å². The molecule has 1 heterocycles. The molecule has 0 bridgehead atoms. The summed E-state index contributed by atoms with van der Waals surface area (Å²) in [7, 11) is 0. The first-order valence-electron chi connectivity index (χ1n) is 1.60. The van der Waals surface area contributed by atoms with Gasteiger partial charge in [0, 0.05) is 18.3 Å². The van der Waals surface area contributed by atoms with E-state index in [1.807, 2.05) is 0 Å². The van der Waals surface area contributed by atoms with Gasteiger partial charge in [-0.2, -0.15) is 0 Å². The van der Waals surface area contributed by atoms with Crippen molar-refractivity contribution in [2.24, 2.45) is 0 Å². The van der Waals surface area contributed by atoms with Gasteiger partial charge in [0.1, 0.15) is 0 Å².